The minimum atomic E-state index is -2.92. The fraction of sp³-hybridized carbons (Fsp3) is 0.849. The van der Waals surface area contributed by atoms with Crippen molar-refractivity contribution in [2.24, 2.45) is 73.9 Å². The van der Waals surface area contributed by atoms with Crippen molar-refractivity contribution in [2.45, 2.75) is 176 Å². The van der Waals surface area contributed by atoms with Crippen LogP contribution in [0.4, 0.5) is 0 Å². The third kappa shape index (κ3) is 7.01. The van der Waals surface area contributed by atoms with Gasteiger partial charge in [0.25, 0.3) is 0 Å². The van der Waals surface area contributed by atoms with Crippen molar-refractivity contribution in [3.63, 3.8) is 0 Å². The van der Waals surface area contributed by atoms with Gasteiger partial charge < -0.3 is 14.8 Å². The van der Waals surface area contributed by atoms with Crippen LogP contribution < -0.4 is 5.32 Å². The number of nitrogens with one attached hydrogen (secondary N) is 1. The number of nitrogens with zero attached hydrogens (tertiary/aromatic N) is 1. The van der Waals surface area contributed by atoms with Crippen LogP contribution in [-0.2, 0) is 35.5 Å². The Morgan fingerprint density at radius 2 is 1.40 bits per heavy atom. The summed E-state index contributed by atoms with van der Waals surface area (Å²) in [5.74, 6) is 2.90. The lowest BCUT2D eigenvalue weighted by Crippen LogP contribution is -2.70. The van der Waals surface area contributed by atoms with E-state index in [9.17, 15) is 18.0 Å². The lowest BCUT2D eigenvalue weighted by Gasteiger charge is -2.73. The predicted molar refractivity (Wildman–Crippen MR) is 246 cm³/mol. The molecular formula is C53H82N2O6S. The fourth-order valence-corrected chi connectivity index (χ4v) is 18.2. The van der Waals surface area contributed by atoms with Crippen molar-refractivity contribution in [3.8, 4) is 0 Å². The van der Waals surface area contributed by atoms with Crippen LogP contribution in [-0.4, -0.2) is 73.6 Å². The number of rotatable bonds is 10. The molecule has 8 nitrogen and oxygen atoms in total. The molecule has 1 saturated heterocycles. The zero-order valence-electron chi connectivity index (χ0n) is 40.2. The summed E-state index contributed by atoms with van der Waals surface area (Å²) >= 11 is 0. The number of esters is 2. The van der Waals surface area contributed by atoms with Crippen LogP contribution in [0, 0.1) is 73.9 Å². The van der Waals surface area contributed by atoms with Crippen molar-refractivity contribution in [3.05, 3.63) is 35.9 Å². The number of fused-ring (bicyclic) bond motifs is 7. The summed E-state index contributed by atoms with van der Waals surface area (Å²) in [5.41, 5.74) is 1.58. The van der Waals surface area contributed by atoms with Crippen molar-refractivity contribution < 1.29 is 27.5 Å². The quantitative estimate of drug-likeness (QED) is 0.232. The summed E-state index contributed by atoms with van der Waals surface area (Å²) in [6, 6.07) is 9.79. The standard InChI is InChI=1S/C53H82N2O6S/c1-46(2,55-28-30-62(58,59)31-29-55)34-54-53-23-18-36(49(7)24-25-49)43(53)37-16-17-41-50(8)21-20-42(48(5,6)40(50)19-22-52(41,10)51(37,9)26-27-53)61-45(57)39-32-38(47(39,3)4)44(56)60-33-35-14-12-11-13-15-35/h11-15,36-43,54H,16-34H2,1-10H3/t36-,37-,38+,39-,40+,41-,42+,43-,50+,51-,52-,53+/m1/s1. The average molecular weight is 875 g/mol. The topological polar surface area (TPSA) is 102 Å². The molecule has 7 saturated carbocycles. The van der Waals surface area contributed by atoms with E-state index in [2.05, 4.69) is 65.6 Å². The number of hydrogen-bond donors (Lipinski definition) is 1. The molecule has 1 heterocycles. The lowest BCUT2D eigenvalue weighted by atomic mass is 9.32. The number of sulfone groups is 1. The molecule has 12 atom stereocenters. The summed E-state index contributed by atoms with van der Waals surface area (Å²) < 4.78 is 37.0. The highest BCUT2D eigenvalue weighted by Crippen LogP contribution is 2.78. The van der Waals surface area contributed by atoms with E-state index in [1.165, 1.54) is 64.2 Å². The number of carbonyl (C=O) groups excluding carboxylic acids is 2. The van der Waals surface area contributed by atoms with Crippen LogP contribution in [0.25, 0.3) is 0 Å². The highest BCUT2D eigenvalue weighted by Gasteiger charge is 2.72. The van der Waals surface area contributed by atoms with Gasteiger partial charge >= 0.3 is 11.9 Å². The first-order valence-electron chi connectivity index (χ1n) is 25.0. The van der Waals surface area contributed by atoms with Gasteiger partial charge in [0.15, 0.2) is 9.84 Å². The second kappa shape index (κ2) is 15.0. The van der Waals surface area contributed by atoms with Gasteiger partial charge in [-0.3, -0.25) is 14.5 Å². The first-order valence-corrected chi connectivity index (χ1v) is 26.9. The van der Waals surface area contributed by atoms with Crippen molar-refractivity contribution in [1.82, 2.24) is 10.2 Å². The van der Waals surface area contributed by atoms with Crippen molar-refractivity contribution >= 4 is 21.8 Å². The molecule has 1 aliphatic heterocycles. The smallest absolute Gasteiger partial charge is 0.309 e. The maximum absolute atomic E-state index is 14.1. The lowest BCUT2D eigenvalue weighted by molar-refractivity contribution is -0.250. The number of hydrogen-bond acceptors (Lipinski definition) is 8. The van der Waals surface area contributed by atoms with Gasteiger partial charge in [-0.1, -0.05) is 85.7 Å². The molecule has 0 bridgehead atoms. The Bertz CT molecular complexity index is 2000. The molecule has 7 aliphatic carbocycles. The van der Waals surface area contributed by atoms with E-state index in [4.69, 9.17) is 9.47 Å². The summed E-state index contributed by atoms with van der Waals surface area (Å²) in [4.78, 5) is 29.7. The fourth-order valence-electron chi connectivity index (χ4n) is 17.0. The minimum absolute atomic E-state index is 0.0959. The highest BCUT2D eigenvalue weighted by molar-refractivity contribution is 7.91. The molecule has 0 amide bonds. The predicted octanol–water partition coefficient (Wildman–Crippen LogP) is 10.0. The molecule has 0 aromatic heterocycles. The van der Waals surface area contributed by atoms with Gasteiger partial charge in [0.2, 0.25) is 0 Å². The summed E-state index contributed by atoms with van der Waals surface area (Å²) in [6.07, 6.45) is 15.3. The summed E-state index contributed by atoms with van der Waals surface area (Å²) in [5, 5.41) is 4.39. The number of benzene rings is 1. The zero-order chi connectivity index (χ0) is 44.5. The molecule has 9 heteroatoms. The van der Waals surface area contributed by atoms with Gasteiger partial charge in [0, 0.05) is 36.1 Å². The normalized spacial score (nSPS) is 43.7. The highest BCUT2D eigenvalue weighted by atomic mass is 32.2. The molecule has 0 radical (unpaired) electrons. The molecule has 0 spiro atoms. The molecule has 1 aromatic carbocycles. The Morgan fingerprint density at radius 1 is 0.726 bits per heavy atom. The molecule has 8 fully saturated rings. The summed E-state index contributed by atoms with van der Waals surface area (Å²) in [7, 11) is -2.92. The van der Waals surface area contributed by atoms with Gasteiger partial charge in [0.05, 0.1) is 23.3 Å². The SMILES string of the molecule is CC1([C@@H]2CC[C@]3(NCC(C)(C)N4CCS(=O)(=O)CC4)CC[C@]4(C)[C@H](CC[C@@H]5[C@@]6(C)CC[C@H](OC(=O)[C@H]7C[C@@H](C(=O)OCc8ccccc8)C7(C)C)C(C)(C)[C@@H]6CC[C@]54C)[C@@H]23)CC1. The van der Waals surface area contributed by atoms with E-state index in [0.717, 1.165) is 30.9 Å². The van der Waals surface area contributed by atoms with Crippen molar-refractivity contribution in [2.75, 3.05) is 31.1 Å². The van der Waals surface area contributed by atoms with Crippen LogP contribution in [0.1, 0.15) is 158 Å². The molecule has 1 aromatic rings. The Balaban J connectivity index is 0.889. The number of carbonyl (C=O) groups is 2. The maximum Gasteiger partial charge on any atom is 0.309 e. The molecular weight excluding hydrogens is 793 g/mol. The first kappa shape index (κ1) is 45.2. The van der Waals surface area contributed by atoms with Crippen LogP contribution >= 0.6 is 0 Å². The Labute approximate surface area is 375 Å². The minimum Gasteiger partial charge on any atom is -0.462 e. The molecule has 62 heavy (non-hydrogen) atoms. The summed E-state index contributed by atoms with van der Waals surface area (Å²) in [6.45, 7) is 26.8. The Kier molecular flexibility index (Phi) is 11.0. The van der Waals surface area contributed by atoms with E-state index in [-0.39, 0.29) is 80.7 Å². The van der Waals surface area contributed by atoms with E-state index >= 15 is 0 Å². The van der Waals surface area contributed by atoms with Crippen LogP contribution in [0.5, 0.6) is 0 Å². The second-order valence-electron chi connectivity index (χ2n) is 25.5. The number of ether oxygens (including phenoxy) is 2. The average Bonchev–Trinajstić information content (AvgIpc) is 3.83. The van der Waals surface area contributed by atoms with Gasteiger partial charge in [-0.05, 0) is 160 Å². The Morgan fingerprint density at radius 3 is 2.06 bits per heavy atom. The third-order valence-electron chi connectivity index (χ3n) is 21.7. The molecule has 346 valence electrons. The van der Waals surface area contributed by atoms with Crippen molar-refractivity contribution in [1.29, 1.82) is 0 Å². The van der Waals surface area contributed by atoms with Gasteiger partial charge in [0.1, 0.15) is 12.7 Å². The first-order chi connectivity index (χ1) is 28.9. The monoisotopic (exact) mass is 875 g/mol. The van der Waals surface area contributed by atoms with E-state index in [0.29, 0.717) is 48.6 Å². The third-order valence-corrected chi connectivity index (χ3v) is 23.3. The van der Waals surface area contributed by atoms with Crippen LogP contribution in [0.15, 0.2) is 30.3 Å². The van der Waals surface area contributed by atoms with Gasteiger partial charge in [-0.25, -0.2) is 8.42 Å². The molecule has 0 unspecified atom stereocenters. The Hall–Kier alpha value is -1.97. The molecule has 8 aliphatic rings. The maximum atomic E-state index is 14.1. The molecule has 9 rings (SSSR count). The largest absolute Gasteiger partial charge is 0.462 e. The van der Waals surface area contributed by atoms with E-state index < -0.39 is 15.3 Å². The second-order valence-corrected chi connectivity index (χ2v) is 27.8. The van der Waals surface area contributed by atoms with Gasteiger partial charge in [-0.2, -0.15) is 0 Å². The van der Waals surface area contributed by atoms with Crippen LogP contribution in [0.2, 0.25) is 0 Å². The van der Waals surface area contributed by atoms with Crippen LogP contribution in [0.3, 0.4) is 0 Å². The zero-order valence-corrected chi connectivity index (χ0v) is 41.1. The van der Waals surface area contributed by atoms with E-state index in [1.807, 2.05) is 44.2 Å². The van der Waals surface area contributed by atoms with Gasteiger partial charge in [-0.15, -0.1) is 0 Å². The van der Waals surface area contributed by atoms with E-state index in [1.54, 1.807) is 0 Å². The molecule has 1 N–H and O–H groups in total.